The molecule has 4 nitrogen and oxygen atoms in total. The molecule has 0 saturated carbocycles. The van der Waals surface area contributed by atoms with Gasteiger partial charge in [-0.2, -0.15) is 0 Å². The lowest BCUT2D eigenvalue weighted by atomic mass is 9.86. The summed E-state index contributed by atoms with van der Waals surface area (Å²) in [5.74, 6) is -0.902. The SMILES string of the molecule is CC(C)(C)C(=O)C(=N)c1ccc(O)c(O)c1. The van der Waals surface area contributed by atoms with E-state index in [0.717, 1.165) is 0 Å². The van der Waals surface area contributed by atoms with Crippen LogP contribution in [0.4, 0.5) is 0 Å². The highest BCUT2D eigenvalue weighted by molar-refractivity contribution is 6.46. The Balaban J connectivity index is 3.07. The van der Waals surface area contributed by atoms with E-state index in [1.807, 2.05) is 0 Å². The average molecular weight is 221 g/mol. The van der Waals surface area contributed by atoms with Crippen molar-refractivity contribution >= 4 is 11.5 Å². The molecule has 0 fully saturated rings. The molecule has 4 heteroatoms. The Morgan fingerprint density at radius 1 is 1.19 bits per heavy atom. The molecule has 0 amide bonds. The molecule has 1 aromatic rings. The van der Waals surface area contributed by atoms with Crippen LogP contribution in [-0.2, 0) is 4.79 Å². The Bertz CT molecular complexity index is 444. The fourth-order valence-electron chi connectivity index (χ4n) is 1.19. The van der Waals surface area contributed by atoms with Crippen LogP contribution >= 0.6 is 0 Å². The third kappa shape index (κ3) is 2.39. The molecule has 1 rings (SSSR count). The minimum absolute atomic E-state index is 0.164. The number of nitrogens with one attached hydrogen (secondary N) is 1. The number of carbonyl (C=O) groups is 1. The quantitative estimate of drug-likeness (QED) is 0.528. The lowest BCUT2D eigenvalue weighted by molar-refractivity contribution is -0.119. The van der Waals surface area contributed by atoms with E-state index in [4.69, 9.17) is 10.5 Å². The number of aromatic hydroxyl groups is 2. The van der Waals surface area contributed by atoms with Crippen LogP contribution in [0.5, 0.6) is 11.5 Å². The normalized spacial score (nSPS) is 11.2. The highest BCUT2D eigenvalue weighted by atomic mass is 16.3. The number of ketones is 1. The predicted molar refractivity (Wildman–Crippen MR) is 61.1 cm³/mol. The second-order valence-corrected chi connectivity index (χ2v) is 4.66. The van der Waals surface area contributed by atoms with Crippen LogP contribution in [0.15, 0.2) is 18.2 Å². The van der Waals surface area contributed by atoms with Crippen LogP contribution in [0.3, 0.4) is 0 Å². The molecule has 0 aromatic heterocycles. The van der Waals surface area contributed by atoms with Gasteiger partial charge < -0.3 is 10.2 Å². The third-order valence-corrected chi connectivity index (χ3v) is 2.17. The number of phenolic OH excluding ortho intramolecular Hbond substituents is 2. The lowest BCUT2D eigenvalue weighted by Gasteiger charge is -2.17. The van der Waals surface area contributed by atoms with Crippen molar-refractivity contribution in [3.8, 4) is 11.5 Å². The van der Waals surface area contributed by atoms with Crippen LogP contribution in [-0.4, -0.2) is 21.7 Å². The first-order chi connectivity index (χ1) is 7.23. The minimum atomic E-state index is -0.634. The van der Waals surface area contributed by atoms with Crippen LogP contribution in [0.25, 0.3) is 0 Å². The molecular weight excluding hydrogens is 206 g/mol. The van der Waals surface area contributed by atoms with Crippen LogP contribution in [0.1, 0.15) is 26.3 Å². The molecule has 16 heavy (non-hydrogen) atoms. The first-order valence-corrected chi connectivity index (χ1v) is 4.89. The average Bonchev–Trinajstić information content (AvgIpc) is 2.18. The van der Waals surface area contributed by atoms with Gasteiger partial charge in [0.2, 0.25) is 0 Å². The molecule has 0 aliphatic heterocycles. The first-order valence-electron chi connectivity index (χ1n) is 4.89. The summed E-state index contributed by atoms with van der Waals surface area (Å²) in [5, 5.41) is 26.1. The van der Waals surface area contributed by atoms with Crippen molar-refractivity contribution in [2.45, 2.75) is 20.8 Å². The summed E-state index contributed by atoms with van der Waals surface area (Å²) < 4.78 is 0. The van der Waals surface area contributed by atoms with Crippen LogP contribution in [0.2, 0.25) is 0 Å². The summed E-state index contributed by atoms with van der Waals surface area (Å²) >= 11 is 0. The van der Waals surface area contributed by atoms with Gasteiger partial charge in [-0.15, -0.1) is 0 Å². The van der Waals surface area contributed by atoms with E-state index >= 15 is 0 Å². The molecule has 0 aliphatic carbocycles. The van der Waals surface area contributed by atoms with Gasteiger partial charge in [0, 0.05) is 11.0 Å². The van der Waals surface area contributed by atoms with E-state index in [1.165, 1.54) is 18.2 Å². The summed E-state index contributed by atoms with van der Waals surface area (Å²) in [5.41, 5.74) is -0.497. The minimum Gasteiger partial charge on any atom is -0.504 e. The molecule has 0 heterocycles. The maximum Gasteiger partial charge on any atom is 0.186 e. The van der Waals surface area contributed by atoms with Crippen molar-refractivity contribution in [1.82, 2.24) is 0 Å². The zero-order valence-corrected chi connectivity index (χ0v) is 9.53. The smallest absolute Gasteiger partial charge is 0.186 e. The van der Waals surface area contributed by atoms with E-state index < -0.39 is 5.41 Å². The Morgan fingerprint density at radius 3 is 2.19 bits per heavy atom. The van der Waals surface area contributed by atoms with Gasteiger partial charge in [-0.3, -0.25) is 10.2 Å². The molecule has 0 radical (unpaired) electrons. The fourth-order valence-corrected chi connectivity index (χ4v) is 1.19. The monoisotopic (exact) mass is 221 g/mol. The standard InChI is InChI=1S/C12H15NO3/c1-12(2,3)11(16)10(13)7-4-5-8(14)9(15)6-7/h4-6,13-15H,1-3H3. The van der Waals surface area contributed by atoms with Crippen molar-refractivity contribution in [2.75, 3.05) is 0 Å². The van der Waals surface area contributed by atoms with E-state index in [2.05, 4.69) is 0 Å². The van der Waals surface area contributed by atoms with Gasteiger partial charge in [-0.25, -0.2) is 0 Å². The summed E-state index contributed by atoms with van der Waals surface area (Å²) in [6, 6.07) is 3.90. The van der Waals surface area contributed by atoms with Crippen molar-refractivity contribution in [2.24, 2.45) is 5.41 Å². The highest BCUT2D eigenvalue weighted by Gasteiger charge is 2.26. The number of carbonyl (C=O) groups excluding carboxylic acids is 1. The summed E-state index contributed by atoms with van der Waals surface area (Å²) in [4.78, 5) is 11.8. The number of hydrogen-bond donors (Lipinski definition) is 3. The number of Topliss-reactive ketones (excluding diaryl/α,β-unsaturated/α-hetero) is 1. The second-order valence-electron chi connectivity index (χ2n) is 4.66. The van der Waals surface area contributed by atoms with Crippen molar-refractivity contribution in [1.29, 1.82) is 5.41 Å². The molecule has 0 aliphatic rings. The molecule has 86 valence electrons. The Labute approximate surface area is 94.1 Å². The van der Waals surface area contributed by atoms with Gasteiger partial charge >= 0.3 is 0 Å². The number of rotatable bonds is 2. The molecule has 0 spiro atoms. The van der Waals surface area contributed by atoms with Gasteiger partial charge in [-0.05, 0) is 18.2 Å². The van der Waals surface area contributed by atoms with Crippen molar-refractivity contribution < 1.29 is 15.0 Å². The molecule has 3 N–H and O–H groups in total. The van der Waals surface area contributed by atoms with E-state index in [-0.39, 0.29) is 23.0 Å². The van der Waals surface area contributed by atoms with Gasteiger partial charge in [0.15, 0.2) is 17.3 Å². The maximum absolute atomic E-state index is 11.8. The fraction of sp³-hybridized carbons (Fsp3) is 0.333. The highest BCUT2D eigenvalue weighted by Crippen LogP contribution is 2.26. The molecule has 0 saturated heterocycles. The zero-order chi connectivity index (χ0) is 12.5. The maximum atomic E-state index is 11.8. The Hall–Kier alpha value is -1.84. The van der Waals surface area contributed by atoms with Gasteiger partial charge in [0.1, 0.15) is 5.71 Å². The van der Waals surface area contributed by atoms with Gasteiger partial charge in [0.05, 0.1) is 0 Å². The summed E-state index contributed by atoms with van der Waals surface area (Å²) in [7, 11) is 0. The summed E-state index contributed by atoms with van der Waals surface area (Å²) in [6.07, 6.45) is 0. The molecule has 1 aromatic carbocycles. The molecule has 0 unspecified atom stereocenters. The van der Waals surface area contributed by atoms with Crippen LogP contribution < -0.4 is 0 Å². The lowest BCUT2D eigenvalue weighted by Crippen LogP contribution is -2.28. The summed E-state index contributed by atoms with van der Waals surface area (Å²) in [6.45, 7) is 5.18. The Morgan fingerprint density at radius 2 is 1.75 bits per heavy atom. The molecule has 0 atom stereocenters. The van der Waals surface area contributed by atoms with Gasteiger partial charge in [0.25, 0.3) is 0 Å². The van der Waals surface area contributed by atoms with Crippen molar-refractivity contribution in [3.63, 3.8) is 0 Å². The third-order valence-electron chi connectivity index (χ3n) is 2.17. The zero-order valence-electron chi connectivity index (χ0n) is 9.53. The second kappa shape index (κ2) is 3.96. The first kappa shape index (κ1) is 12.2. The topological polar surface area (TPSA) is 81.4 Å². The number of benzene rings is 1. The predicted octanol–water partition coefficient (Wildman–Crippen LogP) is 2.08. The Kier molecular flexibility index (Phi) is 3.03. The number of hydrogen-bond acceptors (Lipinski definition) is 4. The van der Waals surface area contributed by atoms with E-state index in [0.29, 0.717) is 5.56 Å². The van der Waals surface area contributed by atoms with E-state index in [1.54, 1.807) is 20.8 Å². The largest absolute Gasteiger partial charge is 0.504 e. The van der Waals surface area contributed by atoms with E-state index in [9.17, 15) is 9.90 Å². The number of phenols is 2. The van der Waals surface area contributed by atoms with Gasteiger partial charge in [-0.1, -0.05) is 20.8 Å². The molecular formula is C12H15NO3. The molecule has 0 bridgehead atoms. The van der Waals surface area contributed by atoms with Crippen LogP contribution in [0, 0.1) is 10.8 Å². The van der Waals surface area contributed by atoms with Crippen molar-refractivity contribution in [3.05, 3.63) is 23.8 Å².